The summed E-state index contributed by atoms with van der Waals surface area (Å²) in [5, 5.41) is 3.97. The van der Waals surface area contributed by atoms with Crippen LogP contribution in [0, 0.1) is 5.82 Å². The highest BCUT2D eigenvalue weighted by Crippen LogP contribution is 2.40. The van der Waals surface area contributed by atoms with Gasteiger partial charge in [-0.25, -0.2) is 4.39 Å². The molecule has 0 bridgehead atoms. The Hall–Kier alpha value is -3.67. The SMILES string of the molecule is O=C(Cc1c[nH]c2ccccc12)NCC1Cc2c(F)ccc(-c3ccncc3)c2O1. The number of aromatic amines is 1. The molecule has 30 heavy (non-hydrogen) atoms. The van der Waals surface area contributed by atoms with Crippen LogP contribution in [-0.4, -0.2) is 28.5 Å². The fraction of sp³-hybridized carbons (Fsp3) is 0.167. The summed E-state index contributed by atoms with van der Waals surface area (Å²) in [6.45, 7) is 0.324. The molecule has 1 aliphatic heterocycles. The van der Waals surface area contributed by atoms with E-state index in [0.717, 1.165) is 27.6 Å². The molecular weight excluding hydrogens is 381 g/mol. The van der Waals surface area contributed by atoms with Crippen molar-refractivity contribution >= 4 is 16.8 Å². The first kappa shape index (κ1) is 18.4. The van der Waals surface area contributed by atoms with E-state index in [2.05, 4.69) is 15.3 Å². The molecule has 0 saturated heterocycles. The van der Waals surface area contributed by atoms with Gasteiger partial charge in [0.25, 0.3) is 0 Å². The molecule has 150 valence electrons. The summed E-state index contributed by atoms with van der Waals surface area (Å²) in [7, 11) is 0. The van der Waals surface area contributed by atoms with Crippen LogP contribution in [0.3, 0.4) is 0 Å². The minimum Gasteiger partial charge on any atom is -0.487 e. The molecule has 1 atom stereocenters. The molecule has 6 heteroatoms. The van der Waals surface area contributed by atoms with Gasteiger partial charge < -0.3 is 15.0 Å². The normalized spacial score (nSPS) is 15.0. The number of fused-ring (bicyclic) bond motifs is 2. The number of H-pyrrole nitrogens is 1. The quantitative estimate of drug-likeness (QED) is 0.531. The minimum atomic E-state index is -0.301. The standard InChI is InChI=1S/C24H20FN3O2/c25-21-6-5-19(15-7-9-26-10-8-15)24-20(21)12-17(30-24)14-28-23(29)11-16-13-27-22-4-2-1-3-18(16)22/h1-10,13,17,27H,11-12,14H2,(H,28,29). The maximum Gasteiger partial charge on any atom is 0.224 e. The maximum atomic E-state index is 14.4. The van der Waals surface area contributed by atoms with Gasteiger partial charge in [0.05, 0.1) is 13.0 Å². The zero-order valence-electron chi connectivity index (χ0n) is 16.2. The molecule has 1 unspecified atom stereocenters. The van der Waals surface area contributed by atoms with Crippen molar-refractivity contribution in [2.45, 2.75) is 18.9 Å². The Morgan fingerprint density at radius 3 is 2.87 bits per heavy atom. The fourth-order valence-corrected chi connectivity index (χ4v) is 3.98. The topological polar surface area (TPSA) is 67.0 Å². The van der Waals surface area contributed by atoms with Crippen LogP contribution >= 0.6 is 0 Å². The van der Waals surface area contributed by atoms with Crippen molar-refractivity contribution in [2.24, 2.45) is 0 Å². The van der Waals surface area contributed by atoms with Crippen LogP contribution in [0.2, 0.25) is 0 Å². The summed E-state index contributed by atoms with van der Waals surface area (Å²) >= 11 is 0. The van der Waals surface area contributed by atoms with Crippen LogP contribution in [0.5, 0.6) is 5.75 Å². The van der Waals surface area contributed by atoms with Gasteiger partial charge in [-0.1, -0.05) is 18.2 Å². The monoisotopic (exact) mass is 401 g/mol. The molecule has 2 aromatic heterocycles. The fourth-order valence-electron chi connectivity index (χ4n) is 3.98. The molecular formula is C24H20FN3O2. The number of carbonyl (C=O) groups is 1. The summed E-state index contributed by atoms with van der Waals surface area (Å²) < 4.78 is 20.4. The van der Waals surface area contributed by atoms with E-state index in [4.69, 9.17) is 4.74 Å². The summed E-state index contributed by atoms with van der Waals surface area (Å²) in [6.07, 6.45) is 5.66. The summed E-state index contributed by atoms with van der Waals surface area (Å²) in [6, 6.07) is 14.8. The first-order valence-electron chi connectivity index (χ1n) is 9.89. The van der Waals surface area contributed by atoms with Crippen LogP contribution in [0.1, 0.15) is 11.1 Å². The van der Waals surface area contributed by atoms with Crippen LogP contribution in [0.15, 0.2) is 67.1 Å². The average Bonchev–Trinajstić information content (AvgIpc) is 3.38. The van der Waals surface area contributed by atoms with Crippen molar-refractivity contribution < 1.29 is 13.9 Å². The Bertz CT molecular complexity index is 1220. The highest BCUT2D eigenvalue weighted by Gasteiger charge is 2.29. The molecule has 1 aliphatic rings. The molecule has 5 rings (SSSR count). The Labute approximate surface area is 172 Å². The zero-order chi connectivity index (χ0) is 20.5. The van der Waals surface area contributed by atoms with Crippen molar-refractivity contribution in [3.05, 3.63) is 84.1 Å². The zero-order valence-corrected chi connectivity index (χ0v) is 16.2. The Balaban J connectivity index is 1.26. The van der Waals surface area contributed by atoms with Gasteiger partial charge in [0.15, 0.2) is 0 Å². The molecule has 2 aromatic carbocycles. The molecule has 4 aromatic rings. The summed E-state index contributed by atoms with van der Waals surface area (Å²) in [5.41, 5.74) is 4.27. The number of amides is 1. The van der Waals surface area contributed by atoms with Gasteiger partial charge in [-0.15, -0.1) is 0 Å². The number of para-hydroxylation sites is 1. The minimum absolute atomic E-state index is 0.0888. The van der Waals surface area contributed by atoms with E-state index >= 15 is 0 Å². The third kappa shape index (κ3) is 3.41. The molecule has 3 heterocycles. The second-order valence-corrected chi connectivity index (χ2v) is 7.42. The number of nitrogens with one attached hydrogen (secondary N) is 2. The Kier molecular flexibility index (Phi) is 4.67. The lowest BCUT2D eigenvalue weighted by atomic mass is 10.0. The number of aromatic nitrogens is 2. The van der Waals surface area contributed by atoms with Gasteiger partial charge in [0.1, 0.15) is 17.7 Å². The predicted octanol–water partition coefficient (Wildman–Crippen LogP) is 4.03. The van der Waals surface area contributed by atoms with E-state index in [0.29, 0.717) is 24.3 Å². The summed E-state index contributed by atoms with van der Waals surface area (Å²) in [5.74, 6) is 0.182. The highest BCUT2D eigenvalue weighted by atomic mass is 19.1. The van der Waals surface area contributed by atoms with Gasteiger partial charge in [-0.2, -0.15) is 0 Å². The number of benzene rings is 2. The predicted molar refractivity (Wildman–Crippen MR) is 113 cm³/mol. The lowest BCUT2D eigenvalue weighted by Crippen LogP contribution is -2.35. The van der Waals surface area contributed by atoms with Gasteiger partial charge in [-0.05, 0) is 41.5 Å². The van der Waals surface area contributed by atoms with Gasteiger partial charge >= 0.3 is 0 Å². The molecule has 0 spiro atoms. The molecule has 2 N–H and O–H groups in total. The number of carbonyl (C=O) groups excluding carboxylic acids is 1. The van der Waals surface area contributed by atoms with E-state index in [1.807, 2.05) is 42.6 Å². The van der Waals surface area contributed by atoms with Crippen LogP contribution < -0.4 is 10.1 Å². The van der Waals surface area contributed by atoms with Gasteiger partial charge in [0.2, 0.25) is 5.91 Å². The van der Waals surface area contributed by atoms with Crippen molar-refractivity contribution in [2.75, 3.05) is 6.54 Å². The Morgan fingerprint density at radius 2 is 2.00 bits per heavy atom. The molecule has 0 fully saturated rings. The van der Waals surface area contributed by atoms with Crippen LogP contribution in [0.4, 0.5) is 4.39 Å². The number of pyridine rings is 1. The van der Waals surface area contributed by atoms with Crippen molar-refractivity contribution in [3.63, 3.8) is 0 Å². The molecule has 1 amide bonds. The molecule has 0 saturated carbocycles. The number of hydrogen-bond acceptors (Lipinski definition) is 3. The molecule has 0 aliphatic carbocycles. The number of ether oxygens (including phenoxy) is 1. The van der Waals surface area contributed by atoms with Gasteiger partial charge in [-0.3, -0.25) is 9.78 Å². The Morgan fingerprint density at radius 1 is 1.17 bits per heavy atom. The third-order valence-electron chi connectivity index (χ3n) is 5.46. The second-order valence-electron chi connectivity index (χ2n) is 7.42. The first-order valence-corrected chi connectivity index (χ1v) is 9.89. The average molecular weight is 401 g/mol. The maximum absolute atomic E-state index is 14.4. The van der Waals surface area contributed by atoms with Crippen molar-refractivity contribution in [1.29, 1.82) is 0 Å². The lowest BCUT2D eigenvalue weighted by Gasteiger charge is -2.13. The number of rotatable bonds is 5. The van der Waals surface area contributed by atoms with Crippen LogP contribution in [0.25, 0.3) is 22.0 Å². The smallest absolute Gasteiger partial charge is 0.224 e. The van der Waals surface area contributed by atoms with Crippen LogP contribution in [-0.2, 0) is 17.6 Å². The van der Waals surface area contributed by atoms with Crippen molar-refractivity contribution in [3.8, 4) is 16.9 Å². The molecule has 0 radical (unpaired) electrons. The highest BCUT2D eigenvalue weighted by molar-refractivity contribution is 5.88. The number of halogens is 1. The van der Waals surface area contributed by atoms with E-state index in [-0.39, 0.29) is 24.2 Å². The second kappa shape index (κ2) is 7.63. The van der Waals surface area contributed by atoms with Crippen molar-refractivity contribution in [1.82, 2.24) is 15.3 Å². The van der Waals surface area contributed by atoms with E-state index in [9.17, 15) is 9.18 Å². The third-order valence-corrected chi connectivity index (χ3v) is 5.46. The number of nitrogens with zero attached hydrogens (tertiary/aromatic N) is 1. The first-order chi connectivity index (χ1) is 14.7. The van der Waals surface area contributed by atoms with Gasteiger partial charge in [0, 0.05) is 47.0 Å². The summed E-state index contributed by atoms with van der Waals surface area (Å²) in [4.78, 5) is 19.7. The largest absolute Gasteiger partial charge is 0.487 e. The number of hydrogen-bond donors (Lipinski definition) is 2. The van der Waals surface area contributed by atoms with E-state index < -0.39 is 0 Å². The van der Waals surface area contributed by atoms with E-state index in [1.54, 1.807) is 18.5 Å². The molecule has 5 nitrogen and oxygen atoms in total. The lowest BCUT2D eigenvalue weighted by molar-refractivity contribution is -0.120. The van der Waals surface area contributed by atoms with E-state index in [1.165, 1.54) is 6.07 Å².